The lowest BCUT2D eigenvalue weighted by atomic mass is 10.1. The molecular formula is C15H17N3O3. The molecule has 1 fully saturated rings. The van der Waals surface area contributed by atoms with Crippen molar-refractivity contribution in [2.45, 2.75) is 6.10 Å². The van der Waals surface area contributed by atoms with Crippen LogP contribution >= 0.6 is 0 Å². The number of aliphatic hydroxyl groups is 1. The Morgan fingerprint density at radius 3 is 2.86 bits per heavy atom. The zero-order valence-corrected chi connectivity index (χ0v) is 11.6. The fraction of sp³-hybridized carbons (Fsp3) is 0.333. The second-order valence-corrected chi connectivity index (χ2v) is 4.92. The number of ether oxygens (including phenoxy) is 1. The maximum atomic E-state index is 12.4. The smallest absolute Gasteiger partial charge is 0.254 e. The van der Waals surface area contributed by atoms with E-state index in [4.69, 9.17) is 9.84 Å². The highest BCUT2D eigenvalue weighted by Gasteiger charge is 2.24. The Hall–Kier alpha value is -2.18. The lowest BCUT2D eigenvalue weighted by Crippen LogP contribution is -2.46. The number of morpholine rings is 1. The number of carbonyl (C=O) groups is 1. The molecule has 2 heterocycles. The molecule has 1 atom stereocenters. The van der Waals surface area contributed by atoms with E-state index in [1.165, 1.54) is 0 Å². The van der Waals surface area contributed by atoms with Gasteiger partial charge in [0.05, 0.1) is 25.0 Å². The van der Waals surface area contributed by atoms with Gasteiger partial charge in [-0.25, -0.2) is 4.68 Å². The molecule has 1 aliphatic heterocycles. The van der Waals surface area contributed by atoms with Gasteiger partial charge in [-0.2, -0.15) is 5.10 Å². The van der Waals surface area contributed by atoms with Gasteiger partial charge < -0.3 is 14.7 Å². The molecule has 0 aliphatic carbocycles. The average molecular weight is 287 g/mol. The standard InChI is InChI=1S/C15H17N3O3/c19-11-14-10-17(8-9-21-14)15(20)12-2-4-13(5-3-12)18-7-1-6-16-18/h1-7,14,19H,8-11H2. The molecule has 1 unspecified atom stereocenters. The van der Waals surface area contributed by atoms with Gasteiger partial charge in [-0.15, -0.1) is 0 Å². The molecule has 6 nitrogen and oxygen atoms in total. The van der Waals surface area contributed by atoms with Crippen molar-refractivity contribution in [2.24, 2.45) is 0 Å². The summed E-state index contributed by atoms with van der Waals surface area (Å²) in [5, 5.41) is 13.3. The van der Waals surface area contributed by atoms with Crippen LogP contribution in [0.4, 0.5) is 0 Å². The Bertz CT molecular complexity index is 595. The molecule has 2 aromatic rings. The topological polar surface area (TPSA) is 67.6 Å². The molecular weight excluding hydrogens is 270 g/mol. The van der Waals surface area contributed by atoms with E-state index in [1.807, 2.05) is 24.4 Å². The molecule has 6 heteroatoms. The maximum Gasteiger partial charge on any atom is 0.254 e. The molecule has 0 saturated carbocycles. The molecule has 1 amide bonds. The second-order valence-electron chi connectivity index (χ2n) is 4.92. The third kappa shape index (κ3) is 2.96. The van der Waals surface area contributed by atoms with Crippen molar-refractivity contribution in [1.82, 2.24) is 14.7 Å². The number of hydrogen-bond donors (Lipinski definition) is 1. The van der Waals surface area contributed by atoms with Crippen molar-refractivity contribution in [3.8, 4) is 5.69 Å². The summed E-state index contributed by atoms with van der Waals surface area (Å²) >= 11 is 0. The summed E-state index contributed by atoms with van der Waals surface area (Å²) in [6.07, 6.45) is 3.28. The van der Waals surface area contributed by atoms with E-state index in [2.05, 4.69) is 5.10 Å². The SMILES string of the molecule is O=C(c1ccc(-n2cccn2)cc1)N1CCOC(CO)C1. The number of hydrogen-bond acceptors (Lipinski definition) is 4. The minimum atomic E-state index is -0.286. The Labute approximate surface area is 122 Å². The summed E-state index contributed by atoms with van der Waals surface area (Å²) in [5.41, 5.74) is 1.54. The van der Waals surface area contributed by atoms with Gasteiger partial charge >= 0.3 is 0 Å². The van der Waals surface area contributed by atoms with Crippen LogP contribution in [0.2, 0.25) is 0 Å². The van der Waals surface area contributed by atoms with E-state index in [0.717, 1.165) is 5.69 Å². The molecule has 1 aromatic heterocycles. The van der Waals surface area contributed by atoms with Crippen LogP contribution in [0.25, 0.3) is 5.69 Å². The van der Waals surface area contributed by atoms with Gasteiger partial charge in [-0.1, -0.05) is 0 Å². The molecule has 21 heavy (non-hydrogen) atoms. The monoisotopic (exact) mass is 287 g/mol. The third-order valence-corrected chi connectivity index (χ3v) is 3.51. The molecule has 0 bridgehead atoms. The molecule has 1 aromatic carbocycles. The Morgan fingerprint density at radius 1 is 1.38 bits per heavy atom. The summed E-state index contributed by atoms with van der Waals surface area (Å²) in [6.45, 7) is 1.37. The van der Waals surface area contributed by atoms with E-state index >= 15 is 0 Å². The van der Waals surface area contributed by atoms with Gasteiger partial charge in [-0.05, 0) is 30.3 Å². The van der Waals surface area contributed by atoms with E-state index < -0.39 is 0 Å². The molecule has 0 spiro atoms. The van der Waals surface area contributed by atoms with Crippen molar-refractivity contribution < 1.29 is 14.6 Å². The van der Waals surface area contributed by atoms with Gasteiger partial charge in [0.15, 0.2) is 0 Å². The van der Waals surface area contributed by atoms with Gasteiger partial charge in [-0.3, -0.25) is 4.79 Å². The first kappa shape index (κ1) is 13.8. The highest BCUT2D eigenvalue weighted by molar-refractivity contribution is 5.94. The maximum absolute atomic E-state index is 12.4. The first-order chi connectivity index (χ1) is 10.3. The second kappa shape index (κ2) is 6.07. The molecule has 0 radical (unpaired) electrons. The lowest BCUT2D eigenvalue weighted by molar-refractivity contribution is -0.0447. The summed E-state index contributed by atoms with van der Waals surface area (Å²) in [7, 11) is 0. The van der Waals surface area contributed by atoms with Gasteiger partial charge in [0.25, 0.3) is 5.91 Å². The van der Waals surface area contributed by atoms with Crippen LogP contribution in [-0.4, -0.2) is 58.1 Å². The van der Waals surface area contributed by atoms with Crippen molar-refractivity contribution in [2.75, 3.05) is 26.3 Å². The zero-order chi connectivity index (χ0) is 14.7. The summed E-state index contributed by atoms with van der Waals surface area (Å²) in [5.74, 6) is -0.0382. The fourth-order valence-electron chi connectivity index (χ4n) is 2.38. The van der Waals surface area contributed by atoms with Crippen molar-refractivity contribution in [1.29, 1.82) is 0 Å². The zero-order valence-electron chi connectivity index (χ0n) is 11.6. The van der Waals surface area contributed by atoms with Gasteiger partial charge in [0.2, 0.25) is 0 Å². The minimum absolute atomic E-state index is 0.0382. The first-order valence-corrected chi connectivity index (χ1v) is 6.90. The van der Waals surface area contributed by atoms with Crippen molar-refractivity contribution >= 4 is 5.91 Å². The van der Waals surface area contributed by atoms with Gasteiger partial charge in [0.1, 0.15) is 0 Å². The quantitative estimate of drug-likeness (QED) is 0.902. The summed E-state index contributed by atoms with van der Waals surface area (Å²) in [4.78, 5) is 14.1. The number of nitrogens with zero attached hydrogens (tertiary/aromatic N) is 3. The van der Waals surface area contributed by atoms with E-state index in [0.29, 0.717) is 25.3 Å². The predicted octanol–water partition coefficient (Wildman–Crippen LogP) is 0.706. The Balaban J connectivity index is 1.73. The molecule has 1 saturated heterocycles. The minimum Gasteiger partial charge on any atom is -0.394 e. The van der Waals surface area contributed by atoms with Crippen LogP contribution < -0.4 is 0 Å². The van der Waals surface area contributed by atoms with Crippen LogP contribution in [0.5, 0.6) is 0 Å². The van der Waals surface area contributed by atoms with E-state index in [1.54, 1.807) is 27.9 Å². The number of aromatic nitrogens is 2. The average Bonchev–Trinajstić information content (AvgIpc) is 3.09. The van der Waals surface area contributed by atoms with Crippen LogP contribution in [0.1, 0.15) is 10.4 Å². The van der Waals surface area contributed by atoms with Crippen LogP contribution in [0.15, 0.2) is 42.7 Å². The Kier molecular flexibility index (Phi) is 3.98. The number of aliphatic hydroxyl groups excluding tert-OH is 1. The number of rotatable bonds is 3. The van der Waals surface area contributed by atoms with Crippen molar-refractivity contribution in [3.63, 3.8) is 0 Å². The van der Waals surface area contributed by atoms with Crippen LogP contribution in [0.3, 0.4) is 0 Å². The third-order valence-electron chi connectivity index (χ3n) is 3.51. The van der Waals surface area contributed by atoms with Crippen molar-refractivity contribution in [3.05, 3.63) is 48.3 Å². The van der Waals surface area contributed by atoms with Gasteiger partial charge in [0, 0.05) is 31.0 Å². The normalized spacial score (nSPS) is 18.7. The lowest BCUT2D eigenvalue weighted by Gasteiger charge is -2.32. The first-order valence-electron chi connectivity index (χ1n) is 6.90. The molecule has 3 rings (SSSR count). The predicted molar refractivity (Wildman–Crippen MR) is 76.3 cm³/mol. The molecule has 1 aliphatic rings. The number of benzene rings is 1. The molecule has 1 N–H and O–H groups in total. The fourth-order valence-corrected chi connectivity index (χ4v) is 2.38. The number of amides is 1. The largest absolute Gasteiger partial charge is 0.394 e. The van der Waals surface area contributed by atoms with Crippen LogP contribution in [-0.2, 0) is 4.74 Å². The summed E-state index contributed by atoms with van der Waals surface area (Å²) in [6, 6.07) is 9.17. The Morgan fingerprint density at radius 2 is 2.19 bits per heavy atom. The number of carbonyl (C=O) groups excluding carboxylic acids is 1. The summed E-state index contributed by atoms with van der Waals surface area (Å²) < 4.78 is 7.10. The molecule has 110 valence electrons. The van der Waals surface area contributed by atoms with E-state index in [9.17, 15) is 4.79 Å². The highest BCUT2D eigenvalue weighted by Crippen LogP contribution is 2.13. The van der Waals surface area contributed by atoms with E-state index in [-0.39, 0.29) is 18.6 Å². The van der Waals surface area contributed by atoms with Crippen LogP contribution in [0, 0.1) is 0 Å². The highest BCUT2D eigenvalue weighted by atomic mass is 16.5.